The first kappa shape index (κ1) is 21.3. The summed E-state index contributed by atoms with van der Waals surface area (Å²) >= 11 is 0. The highest BCUT2D eigenvalue weighted by atomic mass is 19.1. The fourth-order valence-electron chi connectivity index (χ4n) is 3.75. The van der Waals surface area contributed by atoms with Crippen molar-refractivity contribution in [3.63, 3.8) is 0 Å². The molecule has 0 aromatic heterocycles. The highest BCUT2D eigenvalue weighted by Crippen LogP contribution is 2.31. The average molecular weight is 400 g/mol. The van der Waals surface area contributed by atoms with Gasteiger partial charge in [0.2, 0.25) is 0 Å². The van der Waals surface area contributed by atoms with E-state index in [4.69, 9.17) is 4.74 Å². The molecule has 2 atom stereocenters. The summed E-state index contributed by atoms with van der Waals surface area (Å²) in [5, 5.41) is 12.4. The monoisotopic (exact) mass is 400 g/mol. The maximum absolute atomic E-state index is 14.6. The van der Waals surface area contributed by atoms with Crippen molar-refractivity contribution in [3.05, 3.63) is 71.0 Å². The van der Waals surface area contributed by atoms with Crippen molar-refractivity contribution >= 4 is 6.09 Å². The third kappa shape index (κ3) is 5.78. The standard InChI is InChI=1S/C23H29FN2O3/c1-23(2,3)29-22(28)25-21-14-26(12-16-7-5-4-6-8-16)13-19(21)18-11-17(15-27)9-10-20(18)24/h4-11,19,21,27H,12-15H2,1-3H3,(H,25,28)/t19-,21+/m1/s1. The van der Waals surface area contributed by atoms with Crippen LogP contribution in [0.3, 0.4) is 0 Å². The molecule has 1 aliphatic rings. The summed E-state index contributed by atoms with van der Waals surface area (Å²) < 4.78 is 20.1. The topological polar surface area (TPSA) is 61.8 Å². The summed E-state index contributed by atoms with van der Waals surface area (Å²) in [5.74, 6) is -0.567. The Labute approximate surface area is 171 Å². The first-order valence-electron chi connectivity index (χ1n) is 9.90. The molecule has 2 N–H and O–H groups in total. The predicted octanol–water partition coefficient (Wildman–Crippen LogP) is 3.81. The van der Waals surface area contributed by atoms with Crippen LogP contribution in [0.15, 0.2) is 48.5 Å². The largest absolute Gasteiger partial charge is 0.444 e. The van der Waals surface area contributed by atoms with Crippen LogP contribution >= 0.6 is 0 Å². The van der Waals surface area contributed by atoms with Crippen LogP contribution in [0.1, 0.15) is 43.4 Å². The highest BCUT2D eigenvalue weighted by molar-refractivity contribution is 5.68. The minimum Gasteiger partial charge on any atom is -0.444 e. The van der Waals surface area contributed by atoms with E-state index in [1.165, 1.54) is 6.07 Å². The van der Waals surface area contributed by atoms with Crippen LogP contribution in [0.25, 0.3) is 0 Å². The molecule has 0 aliphatic carbocycles. The van der Waals surface area contributed by atoms with E-state index in [1.807, 2.05) is 39.0 Å². The Kier molecular flexibility index (Phi) is 6.55. The maximum atomic E-state index is 14.6. The van der Waals surface area contributed by atoms with Crippen LogP contribution in [-0.2, 0) is 17.9 Å². The lowest BCUT2D eigenvalue weighted by Gasteiger charge is -2.24. The molecule has 2 aromatic rings. The first-order valence-corrected chi connectivity index (χ1v) is 9.90. The molecule has 2 aromatic carbocycles. The summed E-state index contributed by atoms with van der Waals surface area (Å²) in [6, 6.07) is 14.4. The summed E-state index contributed by atoms with van der Waals surface area (Å²) in [6.07, 6.45) is -0.507. The number of aliphatic hydroxyl groups excluding tert-OH is 1. The zero-order chi connectivity index (χ0) is 21.0. The van der Waals surface area contributed by atoms with Crippen LogP contribution in [0.4, 0.5) is 9.18 Å². The molecule has 1 heterocycles. The Hall–Kier alpha value is -2.44. The van der Waals surface area contributed by atoms with Gasteiger partial charge in [0.05, 0.1) is 12.6 Å². The van der Waals surface area contributed by atoms with E-state index in [9.17, 15) is 14.3 Å². The molecule has 0 spiro atoms. The van der Waals surface area contributed by atoms with Crippen LogP contribution in [0, 0.1) is 5.82 Å². The molecule has 156 valence electrons. The minimum absolute atomic E-state index is 0.155. The van der Waals surface area contributed by atoms with E-state index in [0.29, 0.717) is 30.8 Å². The second kappa shape index (κ2) is 8.93. The Bertz CT molecular complexity index is 836. The molecule has 0 bridgehead atoms. The Morgan fingerprint density at radius 1 is 1.17 bits per heavy atom. The van der Waals surface area contributed by atoms with Crippen LogP contribution in [0.2, 0.25) is 0 Å². The normalized spacial score (nSPS) is 19.9. The van der Waals surface area contributed by atoms with Gasteiger partial charge in [-0.2, -0.15) is 0 Å². The van der Waals surface area contributed by atoms with E-state index in [2.05, 4.69) is 22.3 Å². The molecule has 29 heavy (non-hydrogen) atoms. The van der Waals surface area contributed by atoms with E-state index in [0.717, 1.165) is 5.56 Å². The molecule has 1 saturated heterocycles. The number of rotatable bonds is 5. The number of carbonyl (C=O) groups excluding carboxylic acids is 1. The van der Waals surface area contributed by atoms with Gasteiger partial charge in [0.25, 0.3) is 0 Å². The van der Waals surface area contributed by atoms with Crippen LogP contribution < -0.4 is 5.32 Å². The minimum atomic E-state index is -0.607. The highest BCUT2D eigenvalue weighted by Gasteiger charge is 2.37. The Balaban J connectivity index is 1.82. The second-order valence-corrected chi connectivity index (χ2v) is 8.55. The Morgan fingerprint density at radius 3 is 2.55 bits per heavy atom. The molecule has 0 saturated carbocycles. The number of ether oxygens (including phenoxy) is 1. The molecule has 6 heteroatoms. The van der Waals surface area contributed by atoms with Gasteiger partial charge in [-0.3, -0.25) is 4.90 Å². The first-order chi connectivity index (χ1) is 13.7. The lowest BCUT2D eigenvalue weighted by Crippen LogP contribution is -2.42. The number of likely N-dealkylation sites (tertiary alicyclic amines) is 1. The molecule has 0 radical (unpaired) electrons. The van der Waals surface area contributed by atoms with Gasteiger partial charge in [-0.1, -0.05) is 42.5 Å². The number of alkyl carbamates (subject to hydrolysis) is 1. The van der Waals surface area contributed by atoms with E-state index >= 15 is 0 Å². The lowest BCUT2D eigenvalue weighted by atomic mass is 9.92. The fraction of sp³-hybridized carbons (Fsp3) is 0.435. The van der Waals surface area contributed by atoms with Gasteiger partial charge >= 0.3 is 6.09 Å². The average Bonchev–Trinajstić information content (AvgIpc) is 3.03. The molecule has 1 amide bonds. The van der Waals surface area contributed by atoms with E-state index < -0.39 is 11.7 Å². The zero-order valence-electron chi connectivity index (χ0n) is 17.2. The number of halogens is 1. The van der Waals surface area contributed by atoms with Crippen LogP contribution in [0.5, 0.6) is 0 Å². The summed E-state index contributed by atoms with van der Waals surface area (Å²) in [4.78, 5) is 14.6. The summed E-state index contributed by atoms with van der Waals surface area (Å²) in [6.45, 7) is 7.17. The van der Waals surface area contributed by atoms with E-state index in [1.54, 1.807) is 12.1 Å². The van der Waals surface area contributed by atoms with E-state index in [-0.39, 0.29) is 24.4 Å². The number of hydrogen-bond donors (Lipinski definition) is 2. The van der Waals surface area contributed by atoms with Crippen molar-refractivity contribution < 1.29 is 19.0 Å². The number of nitrogens with zero attached hydrogens (tertiary/aromatic N) is 1. The molecule has 5 nitrogen and oxygen atoms in total. The molecule has 1 aliphatic heterocycles. The van der Waals surface area contributed by atoms with Gasteiger partial charge in [-0.15, -0.1) is 0 Å². The number of hydrogen-bond acceptors (Lipinski definition) is 4. The predicted molar refractivity (Wildman–Crippen MR) is 110 cm³/mol. The van der Waals surface area contributed by atoms with Gasteiger partial charge in [0, 0.05) is 25.6 Å². The smallest absolute Gasteiger partial charge is 0.407 e. The third-order valence-corrected chi connectivity index (χ3v) is 4.99. The number of nitrogens with one attached hydrogen (secondary N) is 1. The quantitative estimate of drug-likeness (QED) is 0.801. The lowest BCUT2D eigenvalue weighted by molar-refractivity contribution is 0.0502. The third-order valence-electron chi connectivity index (χ3n) is 4.99. The van der Waals surface area contributed by atoms with Crippen molar-refractivity contribution in [2.75, 3.05) is 13.1 Å². The molecular weight excluding hydrogens is 371 g/mol. The molecular formula is C23H29FN2O3. The number of carbonyl (C=O) groups is 1. The Morgan fingerprint density at radius 2 is 1.90 bits per heavy atom. The summed E-state index contributed by atoms with van der Waals surface area (Å²) in [5.41, 5.74) is 1.71. The number of benzene rings is 2. The molecule has 3 rings (SSSR count). The fourth-order valence-corrected chi connectivity index (χ4v) is 3.75. The summed E-state index contributed by atoms with van der Waals surface area (Å²) in [7, 11) is 0. The maximum Gasteiger partial charge on any atom is 0.407 e. The van der Waals surface area contributed by atoms with Gasteiger partial charge in [0.1, 0.15) is 11.4 Å². The molecule has 0 unspecified atom stereocenters. The van der Waals surface area contributed by atoms with Crippen molar-refractivity contribution in [3.8, 4) is 0 Å². The second-order valence-electron chi connectivity index (χ2n) is 8.55. The van der Waals surface area contributed by atoms with Crippen molar-refractivity contribution in [1.29, 1.82) is 0 Å². The SMILES string of the molecule is CC(C)(C)OC(=O)N[C@H]1CN(Cc2ccccc2)C[C@@H]1c1cc(CO)ccc1F. The number of amides is 1. The van der Waals surface area contributed by atoms with Crippen molar-refractivity contribution in [1.82, 2.24) is 10.2 Å². The van der Waals surface area contributed by atoms with Gasteiger partial charge in [-0.05, 0) is 43.5 Å². The van der Waals surface area contributed by atoms with Gasteiger partial charge in [0.15, 0.2) is 0 Å². The zero-order valence-corrected chi connectivity index (χ0v) is 17.2. The van der Waals surface area contributed by atoms with Gasteiger partial charge in [-0.25, -0.2) is 9.18 Å². The van der Waals surface area contributed by atoms with Crippen molar-refractivity contribution in [2.45, 2.75) is 51.5 Å². The van der Waals surface area contributed by atoms with Crippen LogP contribution in [-0.4, -0.2) is 40.8 Å². The number of aliphatic hydroxyl groups is 1. The van der Waals surface area contributed by atoms with Crippen molar-refractivity contribution in [2.24, 2.45) is 0 Å². The van der Waals surface area contributed by atoms with Gasteiger partial charge < -0.3 is 15.2 Å². The molecule has 1 fully saturated rings.